The van der Waals surface area contributed by atoms with E-state index in [9.17, 15) is 30.0 Å². The molecule has 0 saturated carbocycles. The van der Waals surface area contributed by atoms with Gasteiger partial charge in [-0.1, -0.05) is 0 Å². The van der Waals surface area contributed by atoms with Crippen LogP contribution in [-0.2, 0) is 14.3 Å². The van der Waals surface area contributed by atoms with Gasteiger partial charge < -0.3 is 34.7 Å². The highest BCUT2D eigenvalue weighted by Gasteiger charge is 2.46. The normalized spacial score (nSPS) is 26.7. The van der Waals surface area contributed by atoms with E-state index in [-0.39, 0.29) is 11.1 Å². The Balaban J connectivity index is 1.59. The first kappa shape index (κ1) is 23.5. The number of imide groups is 1. The number of nitrogens with one attached hydrogen (secondary N) is 1. The molecule has 5 atom stereocenters. The molecule has 0 spiro atoms. The van der Waals surface area contributed by atoms with Crippen molar-refractivity contribution in [3.05, 3.63) is 60.2 Å². The van der Waals surface area contributed by atoms with Gasteiger partial charge in [0.15, 0.2) is 6.23 Å². The second kappa shape index (κ2) is 8.57. The van der Waals surface area contributed by atoms with Gasteiger partial charge >= 0.3 is 0 Å². The van der Waals surface area contributed by atoms with E-state index in [4.69, 9.17) is 4.74 Å². The lowest BCUT2D eigenvalue weighted by molar-refractivity contribution is -0.250. The third-order valence-corrected chi connectivity index (χ3v) is 7.01. The number of hydrogen-bond acceptors (Lipinski definition) is 9. The molecule has 5 N–H and O–H groups in total. The number of aromatic amines is 1. The molecule has 0 aromatic carbocycles. The number of aliphatic hydroxyl groups excluding tert-OH is 4. The Morgan fingerprint density at radius 1 is 0.946 bits per heavy atom. The Morgan fingerprint density at radius 2 is 1.62 bits per heavy atom. The van der Waals surface area contributed by atoms with E-state index in [1.165, 1.54) is 24.0 Å². The second-order valence-electron chi connectivity index (χ2n) is 9.07. The van der Waals surface area contributed by atoms with Crippen molar-refractivity contribution in [3.8, 4) is 0 Å². The molecule has 12 nitrogen and oxygen atoms in total. The lowest BCUT2D eigenvalue weighted by Gasteiger charge is -2.40. The monoisotopic (exact) mass is 505 g/mol. The fourth-order valence-electron chi connectivity index (χ4n) is 5.09. The van der Waals surface area contributed by atoms with E-state index in [0.717, 1.165) is 4.90 Å². The molecular weight excluding hydrogens is 482 g/mol. The molecule has 1 unspecified atom stereocenters. The number of pyridine rings is 2. The Labute approximate surface area is 209 Å². The number of amides is 2. The van der Waals surface area contributed by atoms with Gasteiger partial charge in [0.1, 0.15) is 35.7 Å². The van der Waals surface area contributed by atoms with E-state index >= 15 is 0 Å². The number of carbonyl (C=O) groups is 2. The van der Waals surface area contributed by atoms with Crippen LogP contribution in [0.4, 0.5) is 0 Å². The number of fused-ring (bicyclic) bond motifs is 2. The van der Waals surface area contributed by atoms with Gasteiger partial charge in [-0.05, 0) is 24.3 Å². The first-order chi connectivity index (χ1) is 17.8. The van der Waals surface area contributed by atoms with Crippen LogP contribution in [0.3, 0.4) is 0 Å². The molecule has 0 bridgehead atoms. The van der Waals surface area contributed by atoms with Crippen molar-refractivity contribution in [3.63, 3.8) is 0 Å². The number of aromatic nitrogens is 4. The van der Waals surface area contributed by atoms with Crippen molar-refractivity contribution >= 4 is 45.0 Å². The molecule has 0 aliphatic carbocycles. The van der Waals surface area contributed by atoms with Crippen LogP contribution in [-0.4, -0.2) is 94.7 Å². The van der Waals surface area contributed by atoms with Gasteiger partial charge in [-0.2, -0.15) is 0 Å². The predicted octanol–water partition coefficient (Wildman–Crippen LogP) is -0.206. The summed E-state index contributed by atoms with van der Waals surface area (Å²) in [6, 6.07) is 6.92. The quantitative estimate of drug-likeness (QED) is 0.235. The molecule has 4 aromatic rings. The summed E-state index contributed by atoms with van der Waals surface area (Å²) < 4.78 is 7.18. The van der Waals surface area contributed by atoms with Crippen LogP contribution in [0.25, 0.3) is 33.2 Å². The summed E-state index contributed by atoms with van der Waals surface area (Å²) in [5.74, 6) is -1.00. The van der Waals surface area contributed by atoms with Crippen molar-refractivity contribution in [2.24, 2.45) is 0 Å². The first-order valence-corrected chi connectivity index (χ1v) is 11.6. The highest BCUT2D eigenvalue weighted by molar-refractivity contribution is 6.50. The molecule has 12 heteroatoms. The number of aliphatic hydroxyl groups is 4. The van der Waals surface area contributed by atoms with E-state index < -0.39 is 49.1 Å². The molecule has 37 heavy (non-hydrogen) atoms. The second-order valence-corrected chi connectivity index (χ2v) is 9.07. The fourth-order valence-corrected chi connectivity index (χ4v) is 5.09. The fraction of sp³-hybridized carbons (Fsp3) is 0.280. The summed E-state index contributed by atoms with van der Waals surface area (Å²) in [4.78, 5) is 39.5. The minimum atomic E-state index is -1.60. The summed E-state index contributed by atoms with van der Waals surface area (Å²) in [5, 5.41) is 42.1. The molecule has 6 heterocycles. The van der Waals surface area contributed by atoms with Crippen LogP contribution in [0, 0.1) is 0 Å². The lowest BCUT2D eigenvalue weighted by atomic mass is 9.96. The topological polar surface area (TPSA) is 174 Å². The van der Waals surface area contributed by atoms with Gasteiger partial charge in [-0.25, -0.2) is 9.97 Å². The van der Waals surface area contributed by atoms with E-state index in [1.54, 1.807) is 36.7 Å². The highest BCUT2D eigenvalue weighted by atomic mass is 16.6. The van der Waals surface area contributed by atoms with Crippen LogP contribution >= 0.6 is 0 Å². The Morgan fingerprint density at radius 3 is 2.35 bits per heavy atom. The highest BCUT2D eigenvalue weighted by Crippen LogP contribution is 2.41. The van der Waals surface area contributed by atoms with E-state index in [2.05, 4.69) is 15.0 Å². The SMILES string of the molecule is CN1C(=O)C(c2c[nH]c3ncccc23)=C(c2cn(C3O[C@H](CO)[C@@H](O)[C@H](O)[C@H]3O)c3ncccc23)C1=O. The maximum Gasteiger partial charge on any atom is 0.261 e. The number of ether oxygens (including phenoxy) is 1. The third-order valence-electron chi connectivity index (χ3n) is 7.01. The van der Waals surface area contributed by atoms with Gasteiger partial charge in [-0.3, -0.25) is 14.5 Å². The summed E-state index contributed by atoms with van der Waals surface area (Å²) in [6.07, 6.45) is -0.793. The number of nitrogens with zero attached hydrogens (tertiary/aromatic N) is 4. The van der Waals surface area contributed by atoms with Crippen molar-refractivity contribution < 1.29 is 34.8 Å². The molecule has 1 fully saturated rings. The molecule has 4 aromatic heterocycles. The average Bonchev–Trinajstić information content (AvgIpc) is 3.57. The standard InChI is InChI=1S/C25H23N5O7/c1-29-23(35)16(13-8-28-21-11(13)4-2-6-26-21)17(24(29)36)14-9-30(22-12(14)5-3-7-27-22)25-20(34)19(33)18(32)15(10-31)37-25/h2-9,15,18-20,25,31-34H,10H2,1H3,(H,26,28)/t15-,18-,19+,20-,25?/m1/s1. The molecule has 190 valence electrons. The van der Waals surface area contributed by atoms with Gasteiger partial charge in [0.2, 0.25) is 0 Å². The molecule has 1 saturated heterocycles. The minimum absolute atomic E-state index is 0.138. The van der Waals surface area contributed by atoms with Crippen LogP contribution in [0.2, 0.25) is 0 Å². The smallest absolute Gasteiger partial charge is 0.261 e. The van der Waals surface area contributed by atoms with Crippen molar-refractivity contribution in [2.75, 3.05) is 13.7 Å². The zero-order valence-electron chi connectivity index (χ0n) is 19.5. The van der Waals surface area contributed by atoms with E-state index in [0.29, 0.717) is 33.2 Å². The Hall–Kier alpha value is -3.94. The van der Waals surface area contributed by atoms with Crippen molar-refractivity contribution in [1.82, 2.24) is 24.4 Å². The van der Waals surface area contributed by atoms with Gasteiger partial charge in [0, 0.05) is 53.7 Å². The van der Waals surface area contributed by atoms with Crippen molar-refractivity contribution in [2.45, 2.75) is 30.6 Å². The number of H-pyrrole nitrogens is 1. The van der Waals surface area contributed by atoms with Crippen LogP contribution in [0.1, 0.15) is 17.4 Å². The maximum absolute atomic E-state index is 13.4. The predicted molar refractivity (Wildman–Crippen MR) is 129 cm³/mol. The number of likely N-dealkylation sites (N-methyl/N-ethyl adjacent to an activating group) is 1. The molecule has 6 rings (SSSR count). The third kappa shape index (κ3) is 3.35. The summed E-state index contributed by atoms with van der Waals surface area (Å²) in [7, 11) is 1.40. The first-order valence-electron chi connectivity index (χ1n) is 11.6. The average molecular weight is 505 g/mol. The minimum Gasteiger partial charge on any atom is -0.394 e. The molecule has 2 amide bonds. The van der Waals surface area contributed by atoms with E-state index in [1.807, 2.05) is 0 Å². The van der Waals surface area contributed by atoms with Crippen LogP contribution < -0.4 is 0 Å². The van der Waals surface area contributed by atoms with Gasteiger partial charge in [0.05, 0.1) is 17.8 Å². The molecule has 0 radical (unpaired) electrons. The summed E-state index contributed by atoms with van der Waals surface area (Å²) >= 11 is 0. The molecular formula is C25H23N5O7. The maximum atomic E-state index is 13.4. The van der Waals surface area contributed by atoms with Crippen LogP contribution in [0.5, 0.6) is 0 Å². The van der Waals surface area contributed by atoms with Gasteiger partial charge in [-0.15, -0.1) is 0 Å². The molecule has 2 aliphatic rings. The largest absolute Gasteiger partial charge is 0.394 e. The number of carbonyl (C=O) groups excluding carboxylic acids is 2. The Bertz CT molecular complexity index is 1590. The molecule has 2 aliphatic heterocycles. The lowest BCUT2D eigenvalue weighted by Crippen LogP contribution is -2.56. The summed E-state index contributed by atoms with van der Waals surface area (Å²) in [5.41, 5.74) is 2.07. The number of hydrogen-bond donors (Lipinski definition) is 5. The number of rotatable bonds is 4. The van der Waals surface area contributed by atoms with Gasteiger partial charge in [0.25, 0.3) is 11.8 Å². The van der Waals surface area contributed by atoms with Crippen molar-refractivity contribution in [1.29, 1.82) is 0 Å². The Kier molecular flexibility index (Phi) is 5.44. The summed E-state index contributed by atoms with van der Waals surface area (Å²) in [6.45, 7) is -0.595. The van der Waals surface area contributed by atoms with Crippen LogP contribution in [0.15, 0.2) is 49.1 Å². The zero-order chi connectivity index (χ0) is 26.0. The zero-order valence-corrected chi connectivity index (χ0v) is 19.5.